The summed E-state index contributed by atoms with van der Waals surface area (Å²) in [4.78, 5) is 4.96. The predicted octanol–water partition coefficient (Wildman–Crippen LogP) is 1.68. The van der Waals surface area contributed by atoms with Crippen molar-refractivity contribution in [1.82, 2.24) is 9.80 Å². The van der Waals surface area contributed by atoms with Gasteiger partial charge in [-0.2, -0.15) is 0 Å². The van der Waals surface area contributed by atoms with Gasteiger partial charge in [0, 0.05) is 25.2 Å². The molecule has 2 aliphatic rings. The van der Waals surface area contributed by atoms with Crippen LogP contribution < -0.4 is 5.73 Å². The number of piperidine rings is 1. The van der Waals surface area contributed by atoms with E-state index >= 15 is 0 Å². The zero-order valence-corrected chi connectivity index (χ0v) is 12.2. The molecular formula is C16H24FN3. The van der Waals surface area contributed by atoms with Crippen LogP contribution in [0.25, 0.3) is 0 Å². The van der Waals surface area contributed by atoms with E-state index < -0.39 is 0 Å². The Bertz CT molecular complexity index is 461. The monoisotopic (exact) mass is 277 g/mol. The molecule has 2 saturated heterocycles. The van der Waals surface area contributed by atoms with Crippen LogP contribution in [0.1, 0.15) is 18.4 Å². The van der Waals surface area contributed by atoms with Crippen LogP contribution in [0.15, 0.2) is 24.3 Å². The van der Waals surface area contributed by atoms with Crippen molar-refractivity contribution in [2.45, 2.75) is 24.9 Å². The second-order valence-corrected chi connectivity index (χ2v) is 6.33. The third kappa shape index (κ3) is 2.36. The molecule has 0 radical (unpaired) electrons. The van der Waals surface area contributed by atoms with E-state index in [9.17, 15) is 4.39 Å². The Kier molecular flexibility index (Phi) is 3.80. The summed E-state index contributed by atoms with van der Waals surface area (Å²) in [5.41, 5.74) is 7.45. The van der Waals surface area contributed by atoms with E-state index in [0.29, 0.717) is 12.5 Å². The van der Waals surface area contributed by atoms with Crippen LogP contribution in [0.2, 0.25) is 0 Å². The number of nitrogens with zero attached hydrogens (tertiary/aromatic N) is 2. The van der Waals surface area contributed by atoms with Crippen molar-refractivity contribution in [3.8, 4) is 0 Å². The molecular weight excluding hydrogens is 253 g/mol. The molecule has 3 nitrogen and oxygen atoms in total. The van der Waals surface area contributed by atoms with Gasteiger partial charge < -0.3 is 10.6 Å². The van der Waals surface area contributed by atoms with Gasteiger partial charge in [-0.3, -0.25) is 4.90 Å². The first-order valence-corrected chi connectivity index (χ1v) is 7.52. The van der Waals surface area contributed by atoms with E-state index in [1.807, 2.05) is 12.1 Å². The Hall–Kier alpha value is -0.970. The zero-order chi connectivity index (χ0) is 14.2. The van der Waals surface area contributed by atoms with Crippen molar-refractivity contribution in [3.63, 3.8) is 0 Å². The van der Waals surface area contributed by atoms with E-state index in [2.05, 4.69) is 16.8 Å². The van der Waals surface area contributed by atoms with Crippen LogP contribution in [0.4, 0.5) is 4.39 Å². The molecule has 3 rings (SSSR count). The smallest absolute Gasteiger partial charge is 0.123 e. The fraction of sp³-hybridized carbons (Fsp3) is 0.625. The topological polar surface area (TPSA) is 32.5 Å². The molecule has 0 spiro atoms. The normalized spacial score (nSPS) is 32.8. The summed E-state index contributed by atoms with van der Waals surface area (Å²) in [6, 6.07) is 6.83. The van der Waals surface area contributed by atoms with Gasteiger partial charge in [0.15, 0.2) is 0 Å². The molecule has 4 heteroatoms. The number of hydrogen-bond donors (Lipinski definition) is 1. The maximum atomic E-state index is 13.0. The highest BCUT2D eigenvalue weighted by molar-refractivity contribution is 5.17. The number of halogens is 1. The average Bonchev–Trinajstić information content (AvgIpc) is 2.86. The quantitative estimate of drug-likeness (QED) is 0.909. The molecule has 0 aromatic heterocycles. The standard InChI is InChI=1S/C16H24FN3/c1-19(10-13-2-4-15(17)5-3-13)16(12-18)7-9-20-8-6-14(16)11-20/h2-5,14H,6-12,18H2,1H3. The summed E-state index contributed by atoms with van der Waals surface area (Å²) in [5, 5.41) is 0. The Morgan fingerprint density at radius 3 is 2.80 bits per heavy atom. The molecule has 2 heterocycles. The lowest BCUT2D eigenvalue weighted by atomic mass is 9.77. The van der Waals surface area contributed by atoms with Crippen molar-refractivity contribution in [1.29, 1.82) is 0 Å². The molecule has 20 heavy (non-hydrogen) atoms. The van der Waals surface area contributed by atoms with Crippen molar-refractivity contribution in [2.24, 2.45) is 11.7 Å². The number of likely N-dealkylation sites (N-methyl/N-ethyl adjacent to an activating group) is 1. The first kappa shape index (κ1) is 14.0. The van der Waals surface area contributed by atoms with E-state index in [-0.39, 0.29) is 11.4 Å². The summed E-state index contributed by atoms with van der Waals surface area (Å²) in [7, 11) is 2.17. The SMILES string of the molecule is CN(Cc1ccc(F)cc1)C1(CN)CCN2CCC1C2. The molecule has 110 valence electrons. The van der Waals surface area contributed by atoms with Crippen molar-refractivity contribution in [3.05, 3.63) is 35.6 Å². The zero-order valence-electron chi connectivity index (χ0n) is 12.2. The summed E-state index contributed by atoms with van der Waals surface area (Å²) in [5.74, 6) is 0.501. The van der Waals surface area contributed by atoms with Gasteiger partial charge in [0.25, 0.3) is 0 Å². The highest BCUT2D eigenvalue weighted by Crippen LogP contribution is 2.39. The lowest BCUT2D eigenvalue weighted by Gasteiger charge is -2.48. The van der Waals surface area contributed by atoms with Crippen LogP contribution in [0.3, 0.4) is 0 Å². The maximum absolute atomic E-state index is 13.0. The highest BCUT2D eigenvalue weighted by atomic mass is 19.1. The van der Waals surface area contributed by atoms with Gasteiger partial charge in [-0.25, -0.2) is 4.39 Å². The Labute approximate surface area is 120 Å². The van der Waals surface area contributed by atoms with E-state index in [1.165, 1.54) is 31.6 Å². The lowest BCUT2D eigenvalue weighted by molar-refractivity contribution is 0.0212. The van der Waals surface area contributed by atoms with Gasteiger partial charge in [0.1, 0.15) is 5.82 Å². The van der Waals surface area contributed by atoms with E-state index in [1.54, 1.807) is 0 Å². The van der Waals surface area contributed by atoms with Gasteiger partial charge in [0.05, 0.1) is 0 Å². The first-order valence-electron chi connectivity index (χ1n) is 7.52. The molecule has 1 aromatic rings. The molecule has 1 aromatic carbocycles. The summed E-state index contributed by atoms with van der Waals surface area (Å²) in [6.07, 6.45) is 2.40. The molecule has 2 aliphatic heterocycles. The number of fused-ring (bicyclic) bond motifs is 2. The third-order valence-corrected chi connectivity index (χ3v) is 5.34. The van der Waals surface area contributed by atoms with Gasteiger partial charge in [-0.15, -0.1) is 0 Å². The van der Waals surface area contributed by atoms with Crippen molar-refractivity contribution < 1.29 is 4.39 Å². The second kappa shape index (κ2) is 5.43. The molecule has 2 bridgehead atoms. The number of nitrogens with two attached hydrogens (primary N) is 1. The maximum Gasteiger partial charge on any atom is 0.123 e. The summed E-state index contributed by atoms with van der Waals surface area (Å²) in [6.45, 7) is 5.11. The van der Waals surface area contributed by atoms with E-state index in [4.69, 9.17) is 5.73 Å². The van der Waals surface area contributed by atoms with Crippen LogP contribution in [-0.2, 0) is 6.54 Å². The lowest BCUT2D eigenvalue weighted by Crippen LogP contribution is -2.60. The molecule has 0 saturated carbocycles. The molecule has 2 fully saturated rings. The molecule has 3 atom stereocenters. The Balaban J connectivity index is 1.76. The summed E-state index contributed by atoms with van der Waals surface area (Å²) >= 11 is 0. The highest BCUT2D eigenvalue weighted by Gasteiger charge is 2.47. The van der Waals surface area contributed by atoms with E-state index in [0.717, 1.165) is 25.1 Å². The first-order chi connectivity index (χ1) is 9.64. The molecule has 0 amide bonds. The Morgan fingerprint density at radius 2 is 2.10 bits per heavy atom. The molecule has 0 aliphatic carbocycles. The number of benzene rings is 1. The minimum Gasteiger partial charge on any atom is -0.329 e. The van der Waals surface area contributed by atoms with Gasteiger partial charge in [0.2, 0.25) is 0 Å². The Morgan fingerprint density at radius 1 is 1.35 bits per heavy atom. The van der Waals surface area contributed by atoms with Crippen molar-refractivity contribution in [2.75, 3.05) is 33.2 Å². The molecule has 3 unspecified atom stereocenters. The third-order valence-electron chi connectivity index (χ3n) is 5.34. The van der Waals surface area contributed by atoms with Gasteiger partial charge in [-0.05, 0) is 56.6 Å². The fourth-order valence-corrected chi connectivity index (χ4v) is 3.98. The van der Waals surface area contributed by atoms with Gasteiger partial charge in [-0.1, -0.05) is 12.1 Å². The molecule has 2 N–H and O–H groups in total. The summed E-state index contributed by atoms with van der Waals surface area (Å²) < 4.78 is 13.0. The van der Waals surface area contributed by atoms with Gasteiger partial charge >= 0.3 is 0 Å². The second-order valence-electron chi connectivity index (χ2n) is 6.33. The number of rotatable bonds is 4. The predicted molar refractivity (Wildman–Crippen MR) is 78.8 cm³/mol. The van der Waals surface area contributed by atoms with Crippen LogP contribution in [-0.4, -0.2) is 48.6 Å². The average molecular weight is 277 g/mol. The minimum absolute atomic E-state index is 0.112. The van der Waals surface area contributed by atoms with Crippen molar-refractivity contribution >= 4 is 0 Å². The van der Waals surface area contributed by atoms with Crippen LogP contribution in [0, 0.1) is 11.7 Å². The minimum atomic E-state index is -0.172. The van der Waals surface area contributed by atoms with Crippen LogP contribution >= 0.6 is 0 Å². The largest absolute Gasteiger partial charge is 0.329 e. The van der Waals surface area contributed by atoms with Crippen LogP contribution in [0.5, 0.6) is 0 Å². The fourth-order valence-electron chi connectivity index (χ4n) is 3.98. The number of hydrogen-bond acceptors (Lipinski definition) is 3.